The number of hydrogen-bond donors (Lipinski definition) is 0. The molecule has 9 nitrogen and oxygen atoms in total. The highest BCUT2D eigenvalue weighted by molar-refractivity contribution is 7.96. The Kier molecular flexibility index (Phi) is 13.4. The predicted molar refractivity (Wildman–Crippen MR) is 232 cm³/mol. The Hall–Kier alpha value is -4.89. The Bertz CT molecular complexity index is 1940. The number of carbonyl (C=O) groups is 4. The van der Waals surface area contributed by atoms with E-state index >= 15 is 9.59 Å². The molecule has 1 unspecified atom stereocenters. The molecule has 0 aliphatic carbocycles. The van der Waals surface area contributed by atoms with Gasteiger partial charge in [0.1, 0.15) is 29.8 Å². The number of ether oxygens (including phenoxy) is 2. The number of esters is 3. The summed E-state index contributed by atoms with van der Waals surface area (Å²) in [6.07, 6.45) is 0.860. The van der Waals surface area contributed by atoms with Crippen LogP contribution in [0.5, 0.6) is 0 Å². The largest absolute Gasteiger partial charge is 0.457 e. The van der Waals surface area contributed by atoms with Crippen LogP contribution in [0.15, 0.2) is 128 Å². The minimum atomic E-state index is -3.20. The maximum Gasteiger partial charge on any atom is 0.370 e. The van der Waals surface area contributed by atoms with Crippen LogP contribution in [0.2, 0.25) is 18.1 Å². The first-order valence-electron chi connectivity index (χ1n) is 19.3. The van der Waals surface area contributed by atoms with E-state index in [4.69, 9.17) is 13.9 Å². The number of nitrogens with zero attached hydrogens (tertiary/aromatic N) is 2. The zero-order chi connectivity index (χ0) is 41.7. The zero-order valence-corrected chi connectivity index (χ0v) is 36.4. The molecule has 1 heterocycles. The number of β-lactam (4-membered cyclic amide) rings is 1. The topological polar surface area (TPSA) is 102 Å². The fraction of sp³-hybridized carbons (Fsp3) is 0.348. The van der Waals surface area contributed by atoms with E-state index < -0.39 is 63.3 Å². The molecule has 1 fully saturated rings. The van der Waals surface area contributed by atoms with Gasteiger partial charge in [-0.3, -0.25) is 14.5 Å². The third-order valence-corrected chi connectivity index (χ3v) is 20.5. The Morgan fingerprint density at radius 3 is 1.70 bits per heavy atom. The highest BCUT2D eigenvalue weighted by Gasteiger charge is 2.68. The molecule has 0 spiro atoms. The van der Waals surface area contributed by atoms with Crippen molar-refractivity contribution < 1.29 is 33.1 Å². The normalized spacial score (nSPS) is 17.4. The molecule has 1 aliphatic heterocycles. The molecule has 0 radical (unpaired) electrons. The van der Waals surface area contributed by atoms with Gasteiger partial charge in [-0.2, -0.15) is 0 Å². The molecule has 11 heteroatoms. The number of likely N-dealkylation sites (tertiary alicyclic amines) is 1. The molecule has 0 bridgehead atoms. The van der Waals surface area contributed by atoms with Gasteiger partial charge in [-0.1, -0.05) is 88.0 Å². The van der Waals surface area contributed by atoms with Gasteiger partial charge in [0, 0.05) is 19.8 Å². The second-order valence-electron chi connectivity index (χ2n) is 16.3. The Morgan fingerprint density at radius 1 is 0.807 bits per heavy atom. The molecule has 5 rings (SSSR count). The highest BCUT2D eigenvalue weighted by Crippen LogP contribution is 2.63. The molecule has 0 N–H and O–H groups in total. The van der Waals surface area contributed by atoms with Gasteiger partial charge in [0.05, 0.1) is 29.5 Å². The Labute approximate surface area is 339 Å². The summed E-state index contributed by atoms with van der Waals surface area (Å²) in [5.74, 6) is -5.71. The summed E-state index contributed by atoms with van der Waals surface area (Å²) in [4.78, 5) is 61.4. The van der Waals surface area contributed by atoms with Crippen LogP contribution in [0, 0.1) is 11.8 Å². The van der Waals surface area contributed by atoms with Crippen molar-refractivity contribution in [3.8, 4) is 0 Å². The average molecular weight is 808 g/mol. The molecule has 1 aliphatic rings. The lowest BCUT2D eigenvalue weighted by Crippen LogP contribution is -2.73. The van der Waals surface area contributed by atoms with Crippen LogP contribution in [0.4, 0.5) is 5.69 Å². The number of hydrogen-bond acceptors (Lipinski definition) is 8. The lowest BCUT2D eigenvalue weighted by Gasteiger charge is -2.55. The standard InChI is InChI=1S/C46H56N2O7PSi/c1-11-31-53-45(52)42(56(36-21-15-12-16-22-36,37-23-17-13-18-24-37)38-25-19-14-20-26-38)48-40(39(41(48)49)33(3)55-57(9,10)46(4,5)6)32(2)43(50)54-44(51)34-27-29-35(30-28-34)47(7)8/h11-30,32-33,39-40,42H,1,31H2,2-10H3/q+1/t32-,33-,39-,40-,42?/m1/s1. The average Bonchev–Trinajstić information content (AvgIpc) is 3.19. The van der Waals surface area contributed by atoms with Crippen LogP contribution in [0.1, 0.15) is 45.0 Å². The van der Waals surface area contributed by atoms with Gasteiger partial charge in [-0.15, -0.1) is 0 Å². The molecule has 0 saturated carbocycles. The molecule has 4 aromatic rings. The van der Waals surface area contributed by atoms with Crippen molar-refractivity contribution in [1.29, 1.82) is 0 Å². The number of anilines is 1. The number of rotatable bonds is 15. The van der Waals surface area contributed by atoms with Crippen molar-refractivity contribution in [1.82, 2.24) is 4.90 Å². The quantitative estimate of drug-likeness (QED) is 0.0307. The second kappa shape index (κ2) is 17.7. The maximum absolute atomic E-state index is 15.2. The van der Waals surface area contributed by atoms with Crippen LogP contribution in [0.3, 0.4) is 0 Å². The van der Waals surface area contributed by atoms with Crippen molar-refractivity contribution in [3.05, 3.63) is 133 Å². The Morgan fingerprint density at radius 2 is 1.28 bits per heavy atom. The molecular formula is C46H56N2O7PSi+. The molecule has 1 saturated heterocycles. The van der Waals surface area contributed by atoms with Gasteiger partial charge in [-0.25, -0.2) is 9.59 Å². The third kappa shape index (κ3) is 8.69. The van der Waals surface area contributed by atoms with Gasteiger partial charge in [0.25, 0.3) is 5.78 Å². The van der Waals surface area contributed by atoms with E-state index in [0.717, 1.165) is 21.6 Å². The van der Waals surface area contributed by atoms with Gasteiger partial charge < -0.3 is 18.8 Å². The van der Waals surface area contributed by atoms with E-state index in [2.05, 4.69) is 40.4 Å². The summed E-state index contributed by atoms with van der Waals surface area (Å²) < 4.78 is 18.4. The molecular weight excluding hydrogens is 752 g/mol. The summed E-state index contributed by atoms with van der Waals surface area (Å²) in [7, 11) is -1.86. The lowest BCUT2D eigenvalue weighted by molar-refractivity contribution is -0.180. The van der Waals surface area contributed by atoms with Crippen molar-refractivity contribution in [2.24, 2.45) is 11.8 Å². The van der Waals surface area contributed by atoms with Gasteiger partial charge >= 0.3 is 17.9 Å². The van der Waals surface area contributed by atoms with E-state index in [1.54, 1.807) is 36.1 Å². The van der Waals surface area contributed by atoms with Crippen molar-refractivity contribution in [3.63, 3.8) is 0 Å². The summed E-state index contributed by atoms with van der Waals surface area (Å²) >= 11 is 0. The fourth-order valence-electron chi connectivity index (χ4n) is 7.40. The first kappa shape index (κ1) is 43.2. The molecule has 4 aromatic carbocycles. The first-order chi connectivity index (χ1) is 27.0. The minimum absolute atomic E-state index is 0.0899. The first-order valence-corrected chi connectivity index (χ1v) is 24.1. The van der Waals surface area contributed by atoms with E-state index in [0.29, 0.717) is 0 Å². The lowest BCUT2D eigenvalue weighted by atomic mass is 9.76. The highest BCUT2D eigenvalue weighted by atomic mass is 31.2. The van der Waals surface area contributed by atoms with Crippen LogP contribution in [-0.2, 0) is 28.3 Å². The fourth-order valence-corrected chi connectivity index (χ4v) is 13.5. The smallest absolute Gasteiger partial charge is 0.370 e. The number of benzene rings is 4. The minimum Gasteiger partial charge on any atom is -0.457 e. The van der Waals surface area contributed by atoms with E-state index in [1.165, 1.54) is 6.08 Å². The van der Waals surface area contributed by atoms with Gasteiger partial charge in [0.2, 0.25) is 5.91 Å². The van der Waals surface area contributed by atoms with Crippen molar-refractivity contribution in [2.75, 3.05) is 25.6 Å². The van der Waals surface area contributed by atoms with E-state index in [9.17, 15) is 9.59 Å². The number of carbonyl (C=O) groups excluding carboxylic acids is 4. The summed E-state index contributed by atoms with van der Waals surface area (Å²) in [5.41, 5.74) is 1.09. The van der Waals surface area contributed by atoms with Crippen LogP contribution in [-0.4, -0.2) is 75.7 Å². The van der Waals surface area contributed by atoms with Crippen LogP contribution >= 0.6 is 7.26 Å². The SMILES string of the molecule is C=CCOC(=O)C(N1C(=O)[C@H]([C@@H](C)O[Si](C)(C)C(C)(C)C)[C@H]1[C@@H](C)C(=O)OC(=O)c1ccc(N(C)C)cc1)[P+](c1ccccc1)(c1ccccc1)c1ccccc1. The molecule has 300 valence electrons. The van der Waals surface area contributed by atoms with Crippen molar-refractivity contribution >= 4 is 61.0 Å². The summed E-state index contributed by atoms with van der Waals surface area (Å²) in [6.45, 7) is 17.8. The Balaban J connectivity index is 1.71. The molecule has 5 atom stereocenters. The predicted octanol–water partition coefficient (Wildman–Crippen LogP) is 7.36. The number of amides is 1. The van der Waals surface area contributed by atoms with E-state index in [1.807, 2.05) is 117 Å². The van der Waals surface area contributed by atoms with Crippen molar-refractivity contribution in [2.45, 2.75) is 70.7 Å². The van der Waals surface area contributed by atoms with Gasteiger partial charge in [-0.05, 0) is 92.6 Å². The van der Waals surface area contributed by atoms with Gasteiger partial charge in [0.15, 0.2) is 8.32 Å². The molecule has 1 amide bonds. The summed E-state index contributed by atoms with van der Waals surface area (Å²) in [5, 5.41) is 2.36. The zero-order valence-electron chi connectivity index (χ0n) is 34.5. The molecule has 0 aromatic heterocycles. The maximum atomic E-state index is 15.2. The van der Waals surface area contributed by atoms with Crippen LogP contribution in [0.25, 0.3) is 0 Å². The summed E-state index contributed by atoms with van der Waals surface area (Å²) in [6, 6.07) is 35.0. The monoisotopic (exact) mass is 807 g/mol. The van der Waals surface area contributed by atoms with Crippen LogP contribution < -0.4 is 20.8 Å². The second-order valence-corrected chi connectivity index (χ2v) is 24.5. The third-order valence-electron chi connectivity index (χ3n) is 11.4. The van der Waals surface area contributed by atoms with E-state index in [-0.39, 0.29) is 23.1 Å². The molecule has 57 heavy (non-hydrogen) atoms.